The van der Waals surface area contributed by atoms with Crippen LogP contribution in [0.15, 0.2) is 42.5 Å². The molecule has 2 aromatic carbocycles. The molecule has 6 rings (SSSR count). The van der Waals surface area contributed by atoms with E-state index in [9.17, 15) is 9.90 Å². The largest absolute Gasteiger partial charge is 0.497 e. The van der Waals surface area contributed by atoms with Gasteiger partial charge in [-0.2, -0.15) is 0 Å². The third kappa shape index (κ3) is 4.66. The van der Waals surface area contributed by atoms with Gasteiger partial charge in [0.25, 0.3) is 0 Å². The molecule has 0 saturated carbocycles. The maximum absolute atomic E-state index is 13.4. The highest BCUT2D eigenvalue weighted by Crippen LogP contribution is 2.50. The van der Waals surface area contributed by atoms with Gasteiger partial charge in [0.05, 0.1) is 32.4 Å². The zero-order valence-corrected chi connectivity index (χ0v) is 23.9. The van der Waals surface area contributed by atoms with E-state index in [-0.39, 0.29) is 24.0 Å². The number of aliphatic hydroxyl groups excluding tert-OH is 1. The fraction of sp³-hybridized carbons (Fsp3) is 0.531. The number of benzene rings is 2. The summed E-state index contributed by atoms with van der Waals surface area (Å²) < 4.78 is 18.7. The van der Waals surface area contributed by atoms with Gasteiger partial charge in [0.15, 0.2) is 0 Å². The van der Waals surface area contributed by atoms with Crippen molar-refractivity contribution in [1.29, 1.82) is 0 Å². The van der Waals surface area contributed by atoms with Gasteiger partial charge >= 0.3 is 0 Å². The van der Waals surface area contributed by atoms with E-state index in [1.165, 1.54) is 22.2 Å². The Morgan fingerprint density at radius 2 is 1.70 bits per heavy atom. The van der Waals surface area contributed by atoms with Crippen molar-refractivity contribution in [2.75, 3.05) is 53.7 Å². The van der Waals surface area contributed by atoms with Crippen LogP contribution in [0.5, 0.6) is 11.5 Å². The van der Waals surface area contributed by atoms with Crippen LogP contribution in [0.3, 0.4) is 0 Å². The predicted octanol–water partition coefficient (Wildman–Crippen LogP) is 4.03. The predicted molar refractivity (Wildman–Crippen MR) is 154 cm³/mol. The summed E-state index contributed by atoms with van der Waals surface area (Å²) in [7, 11) is 5.49. The highest BCUT2D eigenvalue weighted by atomic mass is 16.5. The number of ether oxygens (including phenoxy) is 3. The second kappa shape index (κ2) is 11.1. The highest BCUT2D eigenvalue weighted by molar-refractivity contribution is 5.89. The van der Waals surface area contributed by atoms with Crippen LogP contribution in [0.2, 0.25) is 0 Å². The molecule has 3 aromatic rings. The average molecular weight is 548 g/mol. The number of aromatic nitrogens is 1. The van der Waals surface area contributed by atoms with E-state index in [0.29, 0.717) is 19.1 Å². The van der Waals surface area contributed by atoms with Gasteiger partial charge < -0.3 is 28.8 Å². The quantitative estimate of drug-likeness (QED) is 0.502. The number of amides is 1. The fourth-order valence-corrected chi connectivity index (χ4v) is 7.36. The van der Waals surface area contributed by atoms with Gasteiger partial charge in [0.2, 0.25) is 5.91 Å². The van der Waals surface area contributed by atoms with E-state index in [1.54, 1.807) is 14.2 Å². The molecule has 1 N–H and O–H groups in total. The monoisotopic (exact) mass is 547 g/mol. The van der Waals surface area contributed by atoms with E-state index in [2.05, 4.69) is 45.7 Å². The van der Waals surface area contributed by atoms with Gasteiger partial charge in [-0.25, -0.2) is 0 Å². The first-order valence-electron chi connectivity index (χ1n) is 14.5. The Bertz CT molecular complexity index is 1350. The van der Waals surface area contributed by atoms with Crippen LogP contribution in [0, 0.1) is 5.92 Å². The van der Waals surface area contributed by atoms with Gasteiger partial charge in [0.1, 0.15) is 11.5 Å². The van der Waals surface area contributed by atoms with Crippen molar-refractivity contribution in [1.82, 2.24) is 14.4 Å². The molecule has 40 heavy (non-hydrogen) atoms. The van der Waals surface area contributed by atoms with E-state index in [1.807, 2.05) is 18.2 Å². The summed E-state index contributed by atoms with van der Waals surface area (Å²) in [6.45, 7) is 4.47. The molecule has 8 heteroatoms. The topological polar surface area (TPSA) is 76.4 Å². The van der Waals surface area contributed by atoms with Crippen molar-refractivity contribution in [2.24, 2.45) is 13.0 Å². The number of hydrogen-bond acceptors (Lipinski definition) is 6. The minimum atomic E-state index is -0.131. The van der Waals surface area contributed by atoms with E-state index >= 15 is 0 Å². The number of fused-ring (bicyclic) bond motifs is 4. The van der Waals surface area contributed by atoms with E-state index < -0.39 is 0 Å². The zero-order valence-electron chi connectivity index (χ0n) is 23.9. The second-order valence-electron chi connectivity index (χ2n) is 11.6. The number of aliphatic hydroxyl groups is 1. The fourth-order valence-electron chi connectivity index (χ4n) is 7.36. The molecule has 8 nitrogen and oxygen atoms in total. The smallest absolute Gasteiger partial charge is 0.225 e. The van der Waals surface area contributed by atoms with Crippen LogP contribution in [-0.4, -0.2) is 79.1 Å². The first-order valence-corrected chi connectivity index (χ1v) is 14.5. The first-order chi connectivity index (χ1) is 19.5. The number of nitrogens with zero attached hydrogens (tertiary/aromatic N) is 3. The lowest BCUT2D eigenvalue weighted by molar-refractivity contribution is -0.140. The first kappa shape index (κ1) is 27.1. The standard InChI is InChI=1S/C32H41N3O5/c1-33-27-18-25(39-3)8-9-26(27)29-30(33)28(20-36)35(19-22-4-6-24(38-2)7-5-22)21-32(29)12-14-34(15-13-32)31(37)23-10-16-40-17-11-23/h4-9,18,23,28,36H,10-17,19-21H2,1-3H3/t28-/m0/s1. The Kier molecular flexibility index (Phi) is 7.50. The Labute approximate surface area is 236 Å². The van der Waals surface area contributed by atoms with Gasteiger partial charge in [-0.3, -0.25) is 9.69 Å². The number of piperidine rings is 1. The van der Waals surface area contributed by atoms with E-state index in [4.69, 9.17) is 14.2 Å². The number of carbonyl (C=O) groups excluding carboxylic acids is 1. The number of aryl methyl sites for hydroxylation is 1. The van der Waals surface area contributed by atoms with E-state index in [0.717, 1.165) is 68.9 Å². The molecular weight excluding hydrogens is 506 g/mol. The third-order valence-corrected chi connectivity index (χ3v) is 9.57. The SMILES string of the molecule is COc1ccc(CN2CC3(CCN(C(=O)C4CCOCC4)CC3)c3c(n(C)c4cc(OC)ccc34)[C@@H]2CO)cc1. The lowest BCUT2D eigenvalue weighted by atomic mass is 9.68. The molecule has 1 spiro atoms. The summed E-state index contributed by atoms with van der Waals surface area (Å²) >= 11 is 0. The summed E-state index contributed by atoms with van der Waals surface area (Å²) in [6, 6.07) is 14.4. The van der Waals surface area contributed by atoms with Crippen molar-refractivity contribution in [3.63, 3.8) is 0 Å². The third-order valence-electron chi connectivity index (χ3n) is 9.57. The van der Waals surface area contributed by atoms with Crippen LogP contribution in [0.1, 0.15) is 48.5 Å². The number of likely N-dealkylation sites (tertiary alicyclic amines) is 1. The molecule has 1 amide bonds. The van der Waals surface area contributed by atoms with Crippen LogP contribution >= 0.6 is 0 Å². The van der Waals surface area contributed by atoms with Crippen LogP contribution in [0.25, 0.3) is 10.9 Å². The molecule has 214 valence electrons. The highest BCUT2D eigenvalue weighted by Gasteiger charge is 2.48. The van der Waals surface area contributed by atoms with Crippen molar-refractivity contribution in [2.45, 2.75) is 43.7 Å². The van der Waals surface area contributed by atoms with Gasteiger partial charge in [-0.1, -0.05) is 12.1 Å². The van der Waals surface area contributed by atoms with Crippen molar-refractivity contribution in [3.05, 3.63) is 59.3 Å². The molecule has 3 aliphatic heterocycles. The Morgan fingerprint density at radius 1 is 1.02 bits per heavy atom. The van der Waals surface area contributed by atoms with Crippen molar-refractivity contribution < 1.29 is 24.1 Å². The molecule has 2 saturated heterocycles. The molecule has 1 aromatic heterocycles. The maximum Gasteiger partial charge on any atom is 0.225 e. The van der Waals surface area contributed by atoms with Gasteiger partial charge in [-0.15, -0.1) is 0 Å². The summed E-state index contributed by atoms with van der Waals surface area (Å²) in [5.74, 6) is 2.04. The van der Waals surface area contributed by atoms with Crippen LogP contribution in [-0.2, 0) is 28.5 Å². The molecule has 2 fully saturated rings. The Balaban J connectivity index is 1.38. The summed E-state index contributed by atoms with van der Waals surface area (Å²) in [5.41, 5.74) is 4.71. The summed E-state index contributed by atoms with van der Waals surface area (Å²) in [4.78, 5) is 18.0. The lowest BCUT2D eigenvalue weighted by Gasteiger charge is -2.51. The second-order valence-corrected chi connectivity index (χ2v) is 11.6. The Morgan fingerprint density at radius 3 is 2.35 bits per heavy atom. The number of carbonyl (C=O) groups is 1. The maximum atomic E-state index is 13.4. The zero-order chi connectivity index (χ0) is 27.9. The van der Waals surface area contributed by atoms with Gasteiger partial charge in [-0.05, 0) is 61.1 Å². The van der Waals surface area contributed by atoms with Crippen molar-refractivity contribution >= 4 is 16.8 Å². The van der Waals surface area contributed by atoms with Crippen LogP contribution in [0.4, 0.5) is 0 Å². The number of hydrogen-bond donors (Lipinski definition) is 1. The molecule has 1 atom stereocenters. The number of methoxy groups -OCH3 is 2. The summed E-state index contributed by atoms with van der Waals surface area (Å²) in [5, 5.41) is 12.0. The molecular formula is C32H41N3O5. The Hall–Kier alpha value is -3.07. The number of rotatable bonds is 6. The average Bonchev–Trinajstić information content (AvgIpc) is 3.30. The molecule has 0 aliphatic carbocycles. The molecule has 0 unspecified atom stereocenters. The normalized spacial score (nSPS) is 21.5. The molecule has 3 aliphatic rings. The van der Waals surface area contributed by atoms with Crippen LogP contribution < -0.4 is 9.47 Å². The molecule has 4 heterocycles. The lowest BCUT2D eigenvalue weighted by Crippen LogP contribution is -2.55. The van der Waals surface area contributed by atoms with Gasteiger partial charge in [0, 0.05) is 74.9 Å². The molecule has 0 bridgehead atoms. The van der Waals surface area contributed by atoms with Crippen molar-refractivity contribution in [3.8, 4) is 11.5 Å². The minimum Gasteiger partial charge on any atom is -0.497 e. The summed E-state index contributed by atoms with van der Waals surface area (Å²) in [6.07, 6.45) is 3.45. The minimum absolute atomic E-state index is 0.0366. The molecule has 0 radical (unpaired) electrons.